The molecule has 0 fully saturated rings. The first-order valence-corrected chi connectivity index (χ1v) is 6.92. The highest BCUT2D eigenvalue weighted by molar-refractivity contribution is 5.97. The molecule has 5 nitrogen and oxygen atoms in total. The second kappa shape index (κ2) is 5.99. The summed E-state index contributed by atoms with van der Waals surface area (Å²) in [5, 5.41) is 9.66. The number of aliphatic carboxylic acids is 1. The van der Waals surface area contributed by atoms with Gasteiger partial charge in [0.05, 0.1) is 6.42 Å². The molecule has 21 heavy (non-hydrogen) atoms. The van der Waals surface area contributed by atoms with E-state index in [1.807, 2.05) is 39.0 Å². The second-order valence-corrected chi connectivity index (χ2v) is 5.34. The Morgan fingerprint density at radius 3 is 2.62 bits per heavy atom. The van der Waals surface area contributed by atoms with E-state index < -0.39 is 5.97 Å². The monoisotopic (exact) mass is 289 g/mol. The number of carbonyl (C=O) groups excluding carboxylic acids is 1. The largest absolute Gasteiger partial charge is 0.481 e. The maximum Gasteiger partial charge on any atom is 0.305 e. The Balaban J connectivity index is 2.30. The summed E-state index contributed by atoms with van der Waals surface area (Å²) in [6.45, 7) is 5.80. The van der Waals surface area contributed by atoms with Gasteiger partial charge in [-0.2, -0.15) is 0 Å². The van der Waals surface area contributed by atoms with Gasteiger partial charge in [0.25, 0.3) is 5.91 Å². The van der Waals surface area contributed by atoms with Gasteiger partial charge in [0.1, 0.15) is 5.58 Å². The van der Waals surface area contributed by atoms with Crippen LogP contribution in [-0.4, -0.2) is 34.5 Å². The van der Waals surface area contributed by atoms with Gasteiger partial charge in [-0.1, -0.05) is 18.2 Å². The number of carbonyl (C=O) groups is 2. The molecule has 5 heteroatoms. The second-order valence-electron chi connectivity index (χ2n) is 5.34. The Morgan fingerprint density at radius 2 is 2.05 bits per heavy atom. The van der Waals surface area contributed by atoms with Gasteiger partial charge < -0.3 is 14.4 Å². The number of benzene rings is 1. The number of amides is 1. The molecule has 0 saturated carbocycles. The van der Waals surface area contributed by atoms with E-state index in [0.717, 1.165) is 10.9 Å². The van der Waals surface area contributed by atoms with Gasteiger partial charge in [-0.05, 0) is 32.4 Å². The van der Waals surface area contributed by atoms with E-state index in [-0.39, 0.29) is 30.7 Å². The van der Waals surface area contributed by atoms with Crippen molar-refractivity contribution in [3.63, 3.8) is 0 Å². The summed E-state index contributed by atoms with van der Waals surface area (Å²) in [6.07, 6.45) is -0.0802. The van der Waals surface area contributed by atoms with Crippen LogP contribution in [0.4, 0.5) is 0 Å². The lowest BCUT2D eigenvalue weighted by Gasteiger charge is -2.25. The predicted octanol–water partition coefficient (Wildman–Crippen LogP) is 3.07. The molecule has 1 heterocycles. The zero-order valence-electron chi connectivity index (χ0n) is 12.4. The van der Waals surface area contributed by atoms with Crippen molar-refractivity contribution in [2.45, 2.75) is 33.2 Å². The number of fused-ring (bicyclic) bond motifs is 1. The molecule has 0 unspecified atom stereocenters. The number of rotatable bonds is 5. The molecule has 0 atom stereocenters. The lowest BCUT2D eigenvalue weighted by molar-refractivity contribution is -0.137. The molecule has 0 aliphatic carbocycles. The quantitative estimate of drug-likeness (QED) is 0.918. The maximum absolute atomic E-state index is 12.5. The third-order valence-corrected chi connectivity index (χ3v) is 3.40. The van der Waals surface area contributed by atoms with Gasteiger partial charge in [-0.15, -0.1) is 0 Å². The molecule has 0 aliphatic rings. The third-order valence-electron chi connectivity index (χ3n) is 3.40. The van der Waals surface area contributed by atoms with E-state index >= 15 is 0 Å². The highest BCUT2D eigenvalue weighted by Crippen LogP contribution is 2.24. The first-order valence-electron chi connectivity index (χ1n) is 6.92. The van der Waals surface area contributed by atoms with Crippen LogP contribution in [-0.2, 0) is 4.79 Å². The van der Waals surface area contributed by atoms with E-state index in [4.69, 9.17) is 9.52 Å². The minimum Gasteiger partial charge on any atom is -0.481 e. The zero-order chi connectivity index (χ0) is 15.6. The van der Waals surface area contributed by atoms with Crippen LogP contribution in [0, 0.1) is 6.92 Å². The highest BCUT2D eigenvalue weighted by Gasteiger charge is 2.23. The average molecular weight is 289 g/mol. The zero-order valence-corrected chi connectivity index (χ0v) is 12.4. The molecule has 1 amide bonds. The smallest absolute Gasteiger partial charge is 0.305 e. The van der Waals surface area contributed by atoms with E-state index in [9.17, 15) is 9.59 Å². The first kappa shape index (κ1) is 15.1. The number of carboxylic acid groups (broad SMARTS) is 1. The van der Waals surface area contributed by atoms with Crippen molar-refractivity contribution >= 4 is 22.8 Å². The van der Waals surface area contributed by atoms with Crippen molar-refractivity contribution < 1.29 is 19.1 Å². The van der Waals surface area contributed by atoms with Crippen LogP contribution in [0.2, 0.25) is 0 Å². The third kappa shape index (κ3) is 3.24. The van der Waals surface area contributed by atoms with Crippen molar-refractivity contribution in [3.05, 3.63) is 35.6 Å². The summed E-state index contributed by atoms with van der Waals surface area (Å²) in [6, 6.07) is 7.34. The van der Waals surface area contributed by atoms with Crippen LogP contribution < -0.4 is 0 Å². The summed E-state index contributed by atoms with van der Waals surface area (Å²) in [7, 11) is 0. The van der Waals surface area contributed by atoms with E-state index in [0.29, 0.717) is 5.58 Å². The van der Waals surface area contributed by atoms with Gasteiger partial charge in [0.15, 0.2) is 5.76 Å². The van der Waals surface area contributed by atoms with Gasteiger partial charge in [0.2, 0.25) is 0 Å². The molecule has 1 aromatic heterocycles. The molecule has 1 N–H and O–H groups in total. The van der Waals surface area contributed by atoms with Crippen LogP contribution in [0.25, 0.3) is 11.0 Å². The van der Waals surface area contributed by atoms with Crippen LogP contribution in [0.1, 0.15) is 36.4 Å². The van der Waals surface area contributed by atoms with Crippen molar-refractivity contribution in [2.75, 3.05) is 6.54 Å². The van der Waals surface area contributed by atoms with Crippen molar-refractivity contribution in [2.24, 2.45) is 0 Å². The number of para-hydroxylation sites is 1. The highest BCUT2D eigenvalue weighted by atomic mass is 16.4. The maximum atomic E-state index is 12.5. The first-order chi connectivity index (χ1) is 9.90. The van der Waals surface area contributed by atoms with E-state index in [2.05, 4.69) is 0 Å². The fourth-order valence-corrected chi connectivity index (χ4v) is 2.27. The molecular formula is C16H19NO4. The van der Waals surface area contributed by atoms with E-state index in [1.54, 1.807) is 6.07 Å². The van der Waals surface area contributed by atoms with Crippen molar-refractivity contribution in [1.82, 2.24) is 4.90 Å². The van der Waals surface area contributed by atoms with Crippen LogP contribution in [0.5, 0.6) is 0 Å². The Kier molecular flexibility index (Phi) is 4.31. The lowest BCUT2D eigenvalue weighted by Crippen LogP contribution is -2.38. The van der Waals surface area contributed by atoms with Crippen LogP contribution in [0.3, 0.4) is 0 Å². The minimum absolute atomic E-state index is 0.0802. The molecule has 0 bridgehead atoms. The average Bonchev–Trinajstić information content (AvgIpc) is 2.83. The van der Waals surface area contributed by atoms with Crippen molar-refractivity contribution in [3.8, 4) is 0 Å². The molecule has 0 saturated heterocycles. The number of hydrogen-bond donors (Lipinski definition) is 1. The Labute approximate surface area is 123 Å². The van der Waals surface area contributed by atoms with Crippen LogP contribution >= 0.6 is 0 Å². The number of carboxylic acids is 1. The Morgan fingerprint density at radius 1 is 1.33 bits per heavy atom. The molecule has 0 aliphatic heterocycles. The summed E-state index contributed by atoms with van der Waals surface area (Å²) < 4.78 is 5.66. The van der Waals surface area contributed by atoms with Gasteiger partial charge in [-0.25, -0.2) is 0 Å². The van der Waals surface area contributed by atoms with Crippen molar-refractivity contribution in [1.29, 1.82) is 0 Å². The predicted molar refractivity (Wildman–Crippen MR) is 79.4 cm³/mol. The molecule has 112 valence electrons. The van der Waals surface area contributed by atoms with Gasteiger partial charge in [-0.3, -0.25) is 9.59 Å². The number of furan rings is 1. The summed E-state index contributed by atoms with van der Waals surface area (Å²) in [5.74, 6) is -0.950. The fraction of sp³-hybridized carbons (Fsp3) is 0.375. The number of hydrogen-bond acceptors (Lipinski definition) is 3. The number of aryl methyl sites for hydroxylation is 1. The lowest BCUT2D eigenvalue weighted by atomic mass is 10.2. The molecule has 0 spiro atoms. The summed E-state index contributed by atoms with van der Waals surface area (Å²) >= 11 is 0. The standard InChI is InChI=1S/C16H19NO4/c1-10(2)17(8-7-14(18)19)16(20)13-9-12-6-4-5-11(3)15(12)21-13/h4-6,9-10H,7-8H2,1-3H3,(H,18,19). The summed E-state index contributed by atoms with van der Waals surface area (Å²) in [5.41, 5.74) is 1.66. The Hall–Kier alpha value is -2.30. The SMILES string of the molecule is Cc1cccc2cc(C(=O)N(CCC(=O)O)C(C)C)oc12. The normalized spacial score (nSPS) is 11.0. The molecule has 1 aromatic carbocycles. The van der Waals surface area contributed by atoms with Gasteiger partial charge in [0, 0.05) is 18.0 Å². The van der Waals surface area contributed by atoms with Crippen LogP contribution in [0.15, 0.2) is 28.7 Å². The molecule has 0 radical (unpaired) electrons. The summed E-state index contributed by atoms with van der Waals surface area (Å²) in [4.78, 5) is 24.7. The molecule has 2 aromatic rings. The molecule has 2 rings (SSSR count). The van der Waals surface area contributed by atoms with E-state index in [1.165, 1.54) is 4.90 Å². The Bertz CT molecular complexity index is 672. The minimum atomic E-state index is -0.922. The molecular weight excluding hydrogens is 270 g/mol. The fourth-order valence-electron chi connectivity index (χ4n) is 2.27. The number of nitrogens with zero attached hydrogens (tertiary/aromatic N) is 1. The van der Waals surface area contributed by atoms with Gasteiger partial charge >= 0.3 is 5.97 Å². The topological polar surface area (TPSA) is 70.8 Å².